The van der Waals surface area contributed by atoms with E-state index in [0.29, 0.717) is 0 Å². The van der Waals surface area contributed by atoms with Gasteiger partial charge in [-0.1, -0.05) is 52.7 Å². The summed E-state index contributed by atoms with van der Waals surface area (Å²) >= 11 is 0. The molecule has 1 rings (SSSR count). The fraction of sp³-hybridized carbons (Fsp3) is 0.833. The average molecular weight is 170 g/mol. The molecule has 0 heteroatoms. The Balaban J connectivity index is 0. The first-order valence-corrected chi connectivity index (χ1v) is 5.38. The highest BCUT2D eigenvalue weighted by molar-refractivity contribution is 5.06. The van der Waals surface area contributed by atoms with E-state index < -0.39 is 0 Å². The summed E-state index contributed by atoms with van der Waals surface area (Å²) in [7, 11) is 0. The second-order valence-corrected chi connectivity index (χ2v) is 3.24. The summed E-state index contributed by atoms with van der Waals surface area (Å²) in [5, 5.41) is 0. The molecule has 0 N–H and O–H groups in total. The Hall–Kier alpha value is -0.260. The Morgan fingerprint density at radius 1 is 1.33 bits per heavy atom. The van der Waals surface area contributed by atoms with Gasteiger partial charge < -0.3 is 0 Å². The minimum Gasteiger partial charge on any atom is -0.0828 e. The molecule has 0 aliphatic heterocycles. The maximum atomic E-state index is 2.36. The molecule has 0 nitrogen and oxygen atoms in total. The third kappa shape index (κ3) is 9.74. The minimum absolute atomic E-state index is 0.861. The van der Waals surface area contributed by atoms with Gasteiger partial charge in [0.15, 0.2) is 0 Å². The molecule has 0 saturated heterocycles. The Bertz CT molecular complexity index is 101. The van der Waals surface area contributed by atoms with E-state index in [4.69, 9.17) is 0 Å². The van der Waals surface area contributed by atoms with Crippen molar-refractivity contribution < 1.29 is 0 Å². The molecule has 1 unspecified atom stereocenters. The second-order valence-electron chi connectivity index (χ2n) is 3.24. The van der Waals surface area contributed by atoms with Gasteiger partial charge in [-0.05, 0) is 25.7 Å². The van der Waals surface area contributed by atoms with E-state index in [-0.39, 0.29) is 0 Å². The molecule has 0 bridgehead atoms. The minimum atomic E-state index is 0.861. The maximum absolute atomic E-state index is 2.36. The van der Waals surface area contributed by atoms with Gasteiger partial charge >= 0.3 is 0 Å². The van der Waals surface area contributed by atoms with Crippen molar-refractivity contribution in [3.8, 4) is 0 Å². The van der Waals surface area contributed by atoms with E-state index in [9.17, 15) is 0 Å². The summed E-state index contributed by atoms with van der Waals surface area (Å²) in [6.45, 7) is 12.7. The lowest BCUT2D eigenvalue weighted by Gasteiger charge is -1.89. The fourth-order valence-corrected chi connectivity index (χ4v) is 1.11. The van der Waals surface area contributed by atoms with E-state index in [1.807, 2.05) is 13.8 Å². The van der Waals surface area contributed by atoms with Crippen LogP contribution in [0.5, 0.6) is 0 Å². The van der Waals surface area contributed by atoms with Crippen LogP contribution in [-0.2, 0) is 0 Å². The van der Waals surface area contributed by atoms with E-state index in [1.54, 1.807) is 5.57 Å². The molecule has 0 aromatic carbocycles. The van der Waals surface area contributed by atoms with Crippen LogP contribution in [0.2, 0.25) is 0 Å². The van der Waals surface area contributed by atoms with Crippen molar-refractivity contribution in [2.75, 3.05) is 0 Å². The third-order valence-corrected chi connectivity index (χ3v) is 1.56. The molecule has 0 radical (unpaired) electrons. The fourth-order valence-electron chi connectivity index (χ4n) is 1.11. The molecule has 1 atom stereocenters. The van der Waals surface area contributed by atoms with Crippen molar-refractivity contribution in [2.45, 2.75) is 60.8 Å². The molecule has 0 heterocycles. The average Bonchev–Trinajstić information content (AvgIpc) is 2.40. The van der Waals surface area contributed by atoms with Gasteiger partial charge in [-0.25, -0.2) is 0 Å². The molecule has 0 aromatic rings. The molecular formula is C12H26. The Morgan fingerprint density at radius 2 is 1.75 bits per heavy atom. The summed E-state index contributed by atoms with van der Waals surface area (Å²) in [4.78, 5) is 0. The predicted molar refractivity (Wildman–Crippen MR) is 59.5 cm³/mol. The van der Waals surface area contributed by atoms with Gasteiger partial charge in [0, 0.05) is 0 Å². The van der Waals surface area contributed by atoms with Crippen molar-refractivity contribution in [1.29, 1.82) is 0 Å². The summed E-state index contributed by atoms with van der Waals surface area (Å²) in [5.41, 5.74) is 1.58. The lowest BCUT2D eigenvalue weighted by Crippen LogP contribution is -1.76. The topological polar surface area (TPSA) is 0 Å². The monoisotopic (exact) mass is 170 g/mol. The Labute approximate surface area is 79.1 Å². The van der Waals surface area contributed by atoms with Gasteiger partial charge in [0.2, 0.25) is 0 Å². The zero-order chi connectivity index (χ0) is 9.98. The number of allylic oxidation sites excluding steroid dienone is 2. The van der Waals surface area contributed by atoms with Crippen molar-refractivity contribution in [1.82, 2.24) is 0 Å². The van der Waals surface area contributed by atoms with Crippen molar-refractivity contribution in [3.05, 3.63) is 11.6 Å². The van der Waals surface area contributed by atoms with Crippen molar-refractivity contribution in [2.24, 2.45) is 5.92 Å². The second kappa shape index (κ2) is 10.7. The summed E-state index contributed by atoms with van der Waals surface area (Å²) in [5.74, 6) is 0.861. The van der Waals surface area contributed by atoms with Gasteiger partial charge in [0.25, 0.3) is 0 Å². The van der Waals surface area contributed by atoms with Crippen LogP contribution in [0.1, 0.15) is 60.8 Å². The Kier molecular flexibility index (Phi) is 12.8. The van der Waals surface area contributed by atoms with E-state index in [0.717, 1.165) is 5.92 Å². The normalized spacial score (nSPS) is 19.8. The highest BCUT2D eigenvalue weighted by Crippen LogP contribution is 2.21. The largest absolute Gasteiger partial charge is 0.0828 e. The number of rotatable bonds is 0. The van der Waals surface area contributed by atoms with E-state index in [2.05, 4.69) is 33.8 Å². The highest BCUT2D eigenvalue weighted by atomic mass is 14.1. The highest BCUT2D eigenvalue weighted by Gasteiger charge is 2.05. The Morgan fingerprint density at radius 3 is 1.83 bits per heavy atom. The van der Waals surface area contributed by atoms with Crippen LogP contribution in [0.3, 0.4) is 0 Å². The zero-order valence-electron chi connectivity index (χ0n) is 9.78. The quantitative estimate of drug-likeness (QED) is 0.458. The van der Waals surface area contributed by atoms with Crippen LogP contribution in [0.25, 0.3) is 0 Å². The smallest absolute Gasteiger partial charge is 0.0256 e. The van der Waals surface area contributed by atoms with Crippen LogP contribution in [0, 0.1) is 5.92 Å². The van der Waals surface area contributed by atoms with Crippen LogP contribution in [0.15, 0.2) is 11.6 Å². The molecule has 12 heavy (non-hydrogen) atoms. The molecule has 0 aromatic heterocycles. The van der Waals surface area contributed by atoms with Gasteiger partial charge in [0.1, 0.15) is 0 Å². The summed E-state index contributed by atoms with van der Waals surface area (Å²) in [6.07, 6.45) is 6.33. The molecule has 1 aliphatic carbocycles. The first-order chi connectivity index (χ1) is 5.70. The SMILES string of the molecule is CC.CC1=CC(C)CC1.CCC. The van der Waals surface area contributed by atoms with Crippen LogP contribution < -0.4 is 0 Å². The molecule has 0 amide bonds. The first kappa shape index (κ1) is 14.3. The van der Waals surface area contributed by atoms with E-state index in [1.165, 1.54) is 19.3 Å². The van der Waals surface area contributed by atoms with E-state index >= 15 is 0 Å². The van der Waals surface area contributed by atoms with Gasteiger partial charge in [-0.3, -0.25) is 0 Å². The van der Waals surface area contributed by atoms with Crippen LogP contribution >= 0.6 is 0 Å². The lowest BCUT2D eigenvalue weighted by molar-refractivity contribution is 0.698. The zero-order valence-corrected chi connectivity index (χ0v) is 9.78. The van der Waals surface area contributed by atoms with Crippen LogP contribution in [-0.4, -0.2) is 0 Å². The lowest BCUT2D eigenvalue weighted by atomic mass is 10.2. The van der Waals surface area contributed by atoms with Crippen molar-refractivity contribution in [3.63, 3.8) is 0 Å². The molecule has 1 aliphatic rings. The summed E-state index contributed by atoms with van der Waals surface area (Å²) in [6, 6.07) is 0. The van der Waals surface area contributed by atoms with Gasteiger partial charge in [0.05, 0.1) is 0 Å². The van der Waals surface area contributed by atoms with Gasteiger partial charge in [-0.2, -0.15) is 0 Å². The molecule has 0 spiro atoms. The number of hydrogen-bond donors (Lipinski definition) is 0. The van der Waals surface area contributed by atoms with Gasteiger partial charge in [-0.15, -0.1) is 0 Å². The first-order valence-electron chi connectivity index (χ1n) is 5.38. The molecule has 74 valence electrons. The standard InChI is InChI=1S/C7H12.C3H8.C2H6/c1-6-3-4-7(2)5-6;1-3-2;1-2/h5-6H,3-4H2,1-2H3;3H2,1-2H3;1-2H3. The third-order valence-electron chi connectivity index (χ3n) is 1.56. The molecule has 0 fully saturated rings. The van der Waals surface area contributed by atoms with Crippen molar-refractivity contribution >= 4 is 0 Å². The molecular weight excluding hydrogens is 144 g/mol. The predicted octanol–water partition coefficient (Wildman–Crippen LogP) is 4.81. The van der Waals surface area contributed by atoms with Crippen LogP contribution in [0.4, 0.5) is 0 Å². The maximum Gasteiger partial charge on any atom is -0.0256 e. The number of hydrogen-bond acceptors (Lipinski definition) is 0. The summed E-state index contributed by atoms with van der Waals surface area (Å²) < 4.78 is 0. The molecule has 0 saturated carbocycles.